The Labute approximate surface area is 229 Å². The van der Waals surface area contributed by atoms with Crippen molar-refractivity contribution in [3.05, 3.63) is 100.0 Å². The Morgan fingerprint density at radius 1 is 1.05 bits per heavy atom. The lowest BCUT2D eigenvalue weighted by molar-refractivity contribution is -0.137. The number of hydrogen-bond acceptors (Lipinski definition) is 8. The maximum absolute atomic E-state index is 13.8. The summed E-state index contributed by atoms with van der Waals surface area (Å²) in [6.45, 7) is 3.47. The molecule has 5 aromatic rings. The Bertz CT molecular complexity index is 1810. The van der Waals surface area contributed by atoms with Gasteiger partial charge in [-0.2, -0.15) is 18.2 Å². The van der Waals surface area contributed by atoms with Crippen molar-refractivity contribution in [2.45, 2.75) is 26.1 Å². The molecule has 0 amide bonds. The highest BCUT2D eigenvalue weighted by Crippen LogP contribution is 2.33. The van der Waals surface area contributed by atoms with E-state index in [1.165, 1.54) is 24.5 Å². The van der Waals surface area contributed by atoms with Gasteiger partial charge in [0.2, 0.25) is 5.82 Å². The zero-order valence-electron chi connectivity index (χ0n) is 21.5. The number of carbonyl (C=O) groups excluding carboxylic acids is 1. The molecule has 2 heterocycles. The van der Waals surface area contributed by atoms with Crippen LogP contribution in [0.5, 0.6) is 5.75 Å². The molecule has 0 fully saturated rings. The van der Waals surface area contributed by atoms with Gasteiger partial charge in [0.1, 0.15) is 23.4 Å². The van der Waals surface area contributed by atoms with Gasteiger partial charge < -0.3 is 18.4 Å². The largest absolute Gasteiger partial charge is 0.481 e. The SMILES string of the molecule is CCOC(=O)c1cccc(-c2coc3cc(OC(C)c4nc(-c5cc(F)cc(C(F)(F)F)c5)no4)ccc3c2=O)c1. The van der Waals surface area contributed by atoms with Crippen LogP contribution in [-0.4, -0.2) is 22.7 Å². The Morgan fingerprint density at radius 2 is 1.85 bits per heavy atom. The monoisotopic (exact) mass is 568 g/mol. The summed E-state index contributed by atoms with van der Waals surface area (Å²) >= 11 is 0. The van der Waals surface area contributed by atoms with Crippen molar-refractivity contribution in [2.75, 3.05) is 6.61 Å². The average molecular weight is 568 g/mol. The van der Waals surface area contributed by atoms with Gasteiger partial charge in [0.05, 0.1) is 28.7 Å². The van der Waals surface area contributed by atoms with Gasteiger partial charge in [0, 0.05) is 11.6 Å². The molecule has 1 unspecified atom stereocenters. The lowest BCUT2D eigenvalue weighted by Crippen LogP contribution is -2.08. The van der Waals surface area contributed by atoms with E-state index in [1.807, 2.05) is 0 Å². The maximum atomic E-state index is 13.8. The molecule has 12 heteroatoms. The lowest BCUT2D eigenvalue weighted by Gasteiger charge is -2.11. The number of aromatic nitrogens is 2. The van der Waals surface area contributed by atoms with Crippen LogP contribution in [-0.2, 0) is 10.9 Å². The van der Waals surface area contributed by atoms with Crippen molar-refractivity contribution >= 4 is 16.9 Å². The van der Waals surface area contributed by atoms with Gasteiger partial charge in [-0.05, 0) is 61.9 Å². The number of carbonyl (C=O) groups is 1. The fourth-order valence-corrected chi connectivity index (χ4v) is 4.06. The zero-order chi connectivity index (χ0) is 29.3. The number of nitrogens with zero attached hydrogens (tertiary/aromatic N) is 2. The van der Waals surface area contributed by atoms with Crippen LogP contribution in [0.3, 0.4) is 0 Å². The third-order valence-electron chi connectivity index (χ3n) is 6.02. The molecule has 5 rings (SSSR count). The minimum atomic E-state index is -4.75. The van der Waals surface area contributed by atoms with E-state index in [-0.39, 0.29) is 51.6 Å². The molecule has 0 aliphatic heterocycles. The van der Waals surface area contributed by atoms with E-state index < -0.39 is 29.6 Å². The second-order valence-electron chi connectivity index (χ2n) is 8.88. The molecule has 8 nitrogen and oxygen atoms in total. The second-order valence-corrected chi connectivity index (χ2v) is 8.88. The average Bonchev–Trinajstić information content (AvgIpc) is 3.43. The van der Waals surface area contributed by atoms with Crippen molar-refractivity contribution in [3.63, 3.8) is 0 Å². The number of halogens is 4. The quantitative estimate of drug-likeness (QED) is 0.153. The van der Waals surface area contributed by atoms with Gasteiger partial charge in [-0.1, -0.05) is 17.3 Å². The van der Waals surface area contributed by atoms with Crippen molar-refractivity contribution in [1.82, 2.24) is 10.1 Å². The molecule has 0 radical (unpaired) electrons. The van der Waals surface area contributed by atoms with Crippen LogP contribution in [0, 0.1) is 5.82 Å². The summed E-state index contributed by atoms with van der Waals surface area (Å²) in [4.78, 5) is 29.3. The van der Waals surface area contributed by atoms with E-state index in [1.54, 1.807) is 38.1 Å². The molecule has 0 bridgehead atoms. The normalized spacial score (nSPS) is 12.3. The topological polar surface area (TPSA) is 105 Å². The van der Waals surface area contributed by atoms with E-state index in [9.17, 15) is 27.2 Å². The summed E-state index contributed by atoms with van der Waals surface area (Å²) in [5, 5.41) is 3.91. The minimum Gasteiger partial charge on any atom is -0.481 e. The predicted molar refractivity (Wildman–Crippen MR) is 138 cm³/mol. The van der Waals surface area contributed by atoms with Crippen LogP contribution in [0.2, 0.25) is 0 Å². The van der Waals surface area contributed by atoms with Gasteiger partial charge in [-0.25, -0.2) is 9.18 Å². The van der Waals surface area contributed by atoms with Crippen LogP contribution >= 0.6 is 0 Å². The summed E-state index contributed by atoms with van der Waals surface area (Å²) < 4.78 is 74.6. The third kappa shape index (κ3) is 5.81. The summed E-state index contributed by atoms with van der Waals surface area (Å²) in [5.74, 6) is -1.65. The highest BCUT2D eigenvalue weighted by atomic mass is 19.4. The maximum Gasteiger partial charge on any atom is 0.416 e. The number of ether oxygens (including phenoxy) is 2. The number of alkyl halides is 3. The van der Waals surface area contributed by atoms with Crippen LogP contribution in [0.25, 0.3) is 33.5 Å². The predicted octanol–water partition coefficient (Wildman–Crippen LogP) is 6.98. The van der Waals surface area contributed by atoms with Gasteiger partial charge in [0.25, 0.3) is 5.89 Å². The van der Waals surface area contributed by atoms with Gasteiger partial charge in [-0.15, -0.1) is 0 Å². The number of hydrogen-bond donors (Lipinski definition) is 0. The highest BCUT2D eigenvalue weighted by Gasteiger charge is 2.32. The molecule has 0 aliphatic rings. The zero-order valence-corrected chi connectivity index (χ0v) is 21.5. The number of esters is 1. The van der Waals surface area contributed by atoms with Crippen LogP contribution < -0.4 is 10.2 Å². The smallest absolute Gasteiger partial charge is 0.416 e. The van der Waals surface area contributed by atoms with Crippen molar-refractivity contribution < 1.29 is 40.8 Å². The van der Waals surface area contributed by atoms with Crippen molar-refractivity contribution in [2.24, 2.45) is 0 Å². The Morgan fingerprint density at radius 3 is 2.61 bits per heavy atom. The van der Waals surface area contributed by atoms with Crippen molar-refractivity contribution in [3.8, 4) is 28.3 Å². The summed E-state index contributed by atoms with van der Waals surface area (Å²) in [7, 11) is 0. The molecule has 3 aromatic carbocycles. The van der Waals surface area contributed by atoms with Crippen LogP contribution in [0.15, 0.2) is 80.7 Å². The van der Waals surface area contributed by atoms with Gasteiger partial charge in [0.15, 0.2) is 11.5 Å². The Balaban J connectivity index is 1.37. The molecule has 2 aromatic heterocycles. The summed E-state index contributed by atoms with van der Waals surface area (Å²) in [6.07, 6.45) is -4.33. The molecular formula is C29H20F4N2O6. The molecule has 0 spiro atoms. The molecule has 0 saturated heterocycles. The first-order chi connectivity index (χ1) is 19.5. The second kappa shape index (κ2) is 10.9. The van der Waals surface area contributed by atoms with E-state index in [4.69, 9.17) is 18.4 Å². The fourth-order valence-electron chi connectivity index (χ4n) is 4.06. The van der Waals surface area contributed by atoms with Crippen LogP contribution in [0.1, 0.15) is 41.8 Å². The lowest BCUT2D eigenvalue weighted by atomic mass is 10.0. The molecule has 1 atom stereocenters. The third-order valence-corrected chi connectivity index (χ3v) is 6.02. The number of benzene rings is 3. The minimum absolute atomic E-state index is 0.0730. The molecule has 0 N–H and O–H groups in total. The standard InChI is InChI=1S/C29H20F4N2O6/c1-3-38-28(37)17-6-4-5-16(9-17)23-14-39-24-13-21(7-8-22(24)25(23)36)40-15(2)27-34-26(35-41-27)18-10-19(29(31,32)33)12-20(30)11-18/h4-15H,3H2,1-2H3. The fraction of sp³-hybridized carbons (Fsp3) is 0.172. The van der Waals surface area contributed by atoms with E-state index in [0.29, 0.717) is 17.2 Å². The van der Waals surface area contributed by atoms with Crippen LogP contribution in [0.4, 0.5) is 17.6 Å². The Hall–Kier alpha value is -5.00. The number of rotatable bonds is 7. The summed E-state index contributed by atoms with van der Waals surface area (Å²) in [5.41, 5.74) is -0.490. The molecular weight excluding hydrogens is 548 g/mol. The highest BCUT2D eigenvalue weighted by molar-refractivity contribution is 5.91. The Kier molecular flexibility index (Phi) is 7.31. The van der Waals surface area contributed by atoms with Gasteiger partial charge >= 0.3 is 12.1 Å². The molecule has 41 heavy (non-hydrogen) atoms. The summed E-state index contributed by atoms with van der Waals surface area (Å²) in [6, 6.07) is 12.9. The van der Waals surface area contributed by atoms with Gasteiger partial charge in [-0.3, -0.25) is 4.79 Å². The van der Waals surface area contributed by atoms with E-state index in [0.717, 1.165) is 12.1 Å². The molecule has 0 saturated carbocycles. The van der Waals surface area contributed by atoms with Crippen molar-refractivity contribution in [1.29, 1.82) is 0 Å². The van der Waals surface area contributed by atoms with E-state index >= 15 is 0 Å². The molecule has 210 valence electrons. The number of fused-ring (bicyclic) bond motifs is 1. The first-order valence-electron chi connectivity index (χ1n) is 12.2. The van der Waals surface area contributed by atoms with E-state index in [2.05, 4.69) is 10.1 Å². The first kappa shape index (κ1) is 27.6. The molecule has 0 aliphatic carbocycles. The first-order valence-corrected chi connectivity index (χ1v) is 12.2.